The van der Waals surface area contributed by atoms with Gasteiger partial charge in [-0.25, -0.2) is 0 Å². The summed E-state index contributed by atoms with van der Waals surface area (Å²) >= 11 is 0. The van der Waals surface area contributed by atoms with Gasteiger partial charge in [0.25, 0.3) is 0 Å². The summed E-state index contributed by atoms with van der Waals surface area (Å²) in [5, 5.41) is 3.37. The summed E-state index contributed by atoms with van der Waals surface area (Å²) in [5.74, 6) is 2.35. The van der Waals surface area contributed by atoms with Crippen LogP contribution in [-0.4, -0.2) is 11.9 Å². The molecule has 0 bridgehead atoms. The molecular formula is C24H39NO. The minimum Gasteiger partial charge on any atom is -0.353 e. The number of aryl methyl sites for hydroxylation is 1. The van der Waals surface area contributed by atoms with E-state index in [0.717, 1.165) is 18.8 Å². The summed E-state index contributed by atoms with van der Waals surface area (Å²) in [7, 11) is 0. The van der Waals surface area contributed by atoms with Crippen molar-refractivity contribution in [1.82, 2.24) is 5.32 Å². The summed E-state index contributed by atoms with van der Waals surface area (Å²) < 4.78 is 0. The van der Waals surface area contributed by atoms with Crippen molar-refractivity contribution in [1.29, 1.82) is 0 Å². The van der Waals surface area contributed by atoms with Crippen molar-refractivity contribution < 1.29 is 4.79 Å². The van der Waals surface area contributed by atoms with Gasteiger partial charge in [0, 0.05) is 12.5 Å². The van der Waals surface area contributed by atoms with Crippen LogP contribution in [0.15, 0.2) is 30.3 Å². The first-order valence-corrected chi connectivity index (χ1v) is 10.9. The van der Waals surface area contributed by atoms with Crippen molar-refractivity contribution in [3.05, 3.63) is 35.9 Å². The van der Waals surface area contributed by atoms with Gasteiger partial charge in [-0.2, -0.15) is 0 Å². The molecule has 1 aliphatic rings. The van der Waals surface area contributed by atoms with E-state index < -0.39 is 0 Å². The Morgan fingerprint density at radius 1 is 1.04 bits per heavy atom. The summed E-state index contributed by atoms with van der Waals surface area (Å²) in [6.07, 6.45) is 11.6. The molecule has 26 heavy (non-hydrogen) atoms. The summed E-state index contributed by atoms with van der Waals surface area (Å²) in [6.45, 7) is 6.93. The fraction of sp³-hybridized carbons (Fsp3) is 0.708. The molecule has 0 saturated heterocycles. The highest BCUT2D eigenvalue weighted by Gasteiger charge is 2.31. The summed E-state index contributed by atoms with van der Waals surface area (Å²) in [4.78, 5) is 12.3. The lowest BCUT2D eigenvalue weighted by Gasteiger charge is -2.37. The highest BCUT2D eigenvalue weighted by Crippen LogP contribution is 2.33. The maximum atomic E-state index is 12.3. The third-order valence-electron chi connectivity index (χ3n) is 6.08. The van der Waals surface area contributed by atoms with Crippen molar-refractivity contribution in [2.75, 3.05) is 0 Å². The van der Waals surface area contributed by atoms with Crippen LogP contribution in [0.1, 0.15) is 84.1 Å². The molecule has 1 saturated carbocycles. The molecule has 1 aliphatic carbocycles. The lowest BCUT2D eigenvalue weighted by Crippen LogP contribution is -2.45. The second kappa shape index (κ2) is 11.4. The normalized spacial score (nSPS) is 23.2. The highest BCUT2D eigenvalue weighted by molar-refractivity contribution is 5.76. The molecule has 2 nitrogen and oxygen atoms in total. The van der Waals surface area contributed by atoms with E-state index in [1.54, 1.807) is 0 Å². The molecule has 0 spiro atoms. The number of rotatable bonds is 10. The second-order valence-electron chi connectivity index (χ2n) is 8.75. The monoisotopic (exact) mass is 357 g/mol. The quantitative estimate of drug-likeness (QED) is 0.500. The molecule has 1 N–H and O–H groups in total. The van der Waals surface area contributed by atoms with Crippen LogP contribution in [0, 0.1) is 17.8 Å². The van der Waals surface area contributed by atoms with E-state index in [4.69, 9.17) is 0 Å². The Bertz CT molecular complexity index is 510. The van der Waals surface area contributed by atoms with Crippen LogP contribution in [0.5, 0.6) is 0 Å². The van der Waals surface area contributed by atoms with Gasteiger partial charge in [0.15, 0.2) is 0 Å². The minimum atomic E-state index is 0.277. The molecule has 0 heterocycles. The maximum absolute atomic E-state index is 12.3. The predicted molar refractivity (Wildman–Crippen MR) is 111 cm³/mol. The number of nitrogens with one attached hydrogen (secondary N) is 1. The lowest BCUT2D eigenvalue weighted by molar-refractivity contribution is -0.122. The standard InChI is InChI=1S/C24H39NO/c1-19(2)22-17-16-20(3)18-23(22)25-24(26)15-11-6-4-5-8-12-21-13-9-7-10-14-21/h7,9-10,13-14,19-20,22-23H,4-6,8,11-12,15-18H2,1-3H3,(H,25,26)/t20-,22+,23-/m1/s1. The molecule has 2 heteroatoms. The van der Waals surface area contributed by atoms with Crippen molar-refractivity contribution in [2.45, 2.75) is 91.0 Å². The Morgan fingerprint density at radius 2 is 1.73 bits per heavy atom. The highest BCUT2D eigenvalue weighted by atomic mass is 16.1. The Balaban J connectivity index is 1.55. The SMILES string of the molecule is CC(C)[C@@H]1CC[C@@H](C)C[C@H]1NC(=O)CCCCCCCc1ccccc1. The van der Waals surface area contributed by atoms with Gasteiger partial charge in [-0.05, 0) is 55.4 Å². The van der Waals surface area contributed by atoms with Crippen molar-refractivity contribution in [3.63, 3.8) is 0 Å². The van der Waals surface area contributed by atoms with E-state index in [9.17, 15) is 4.79 Å². The molecule has 0 aliphatic heterocycles. The van der Waals surface area contributed by atoms with Crippen LogP contribution in [0.25, 0.3) is 0 Å². The van der Waals surface area contributed by atoms with Crippen LogP contribution >= 0.6 is 0 Å². The molecule has 0 unspecified atom stereocenters. The number of carbonyl (C=O) groups excluding carboxylic acids is 1. The van der Waals surface area contributed by atoms with Crippen molar-refractivity contribution in [3.8, 4) is 0 Å². The van der Waals surface area contributed by atoms with Crippen LogP contribution in [-0.2, 0) is 11.2 Å². The van der Waals surface area contributed by atoms with E-state index in [-0.39, 0.29) is 5.91 Å². The number of carbonyl (C=O) groups is 1. The summed E-state index contributed by atoms with van der Waals surface area (Å²) in [5.41, 5.74) is 1.44. The van der Waals surface area contributed by atoms with Crippen LogP contribution in [0.2, 0.25) is 0 Å². The number of hydrogen-bond acceptors (Lipinski definition) is 1. The third-order valence-corrected chi connectivity index (χ3v) is 6.08. The van der Waals surface area contributed by atoms with Gasteiger partial charge in [0.2, 0.25) is 5.91 Å². The average molecular weight is 358 g/mol. The molecular weight excluding hydrogens is 318 g/mol. The van der Waals surface area contributed by atoms with Gasteiger partial charge in [-0.15, -0.1) is 0 Å². The number of amides is 1. The van der Waals surface area contributed by atoms with Crippen LogP contribution < -0.4 is 5.32 Å². The zero-order chi connectivity index (χ0) is 18.8. The maximum Gasteiger partial charge on any atom is 0.220 e. The number of benzene rings is 1. The first-order valence-electron chi connectivity index (χ1n) is 10.9. The molecule has 3 atom stereocenters. The largest absolute Gasteiger partial charge is 0.353 e. The molecule has 1 amide bonds. The second-order valence-corrected chi connectivity index (χ2v) is 8.75. The van der Waals surface area contributed by atoms with Crippen molar-refractivity contribution in [2.24, 2.45) is 17.8 Å². The minimum absolute atomic E-state index is 0.277. The van der Waals surface area contributed by atoms with Crippen LogP contribution in [0.4, 0.5) is 0 Å². The van der Waals surface area contributed by atoms with E-state index in [0.29, 0.717) is 24.3 Å². The Kier molecular flexibility index (Phi) is 9.22. The Hall–Kier alpha value is -1.31. The molecule has 1 fully saturated rings. The molecule has 146 valence electrons. The van der Waals surface area contributed by atoms with Crippen molar-refractivity contribution >= 4 is 5.91 Å². The van der Waals surface area contributed by atoms with Gasteiger partial charge < -0.3 is 5.32 Å². The number of hydrogen-bond donors (Lipinski definition) is 1. The molecule has 1 aromatic carbocycles. The molecule has 2 rings (SSSR count). The first-order chi connectivity index (χ1) is 12.6. The van der Waals surface area contributed by atoms with Gasteiger partial charge >= 0.3 is 0 Å². The average Bonchev–Trinajstić information content (AvgIpc) is 2.61. The topological polar surface area (TPSA) is 29.1 Å². The zero-order valence-corrected chi connectivity index (χ0v) is 17.2. The van der Waals surface area contributed by atoms with Gasteiger partial charge in [-0.3, -0.25) is 4.79 Å². The predicted octanol–water partition coefficient (Wildman–Crippen LogP) is 6.15. The third kappa shape index (κ3) is 7.51. The van der Waals surface area contributed by atoms with Crippen LogP contribution in [0.3, 0.4) is 0 Å². The molecule has 0 aromatic heterocycles. The Labute approximate surface area is 161 Å². The van der Waals surface area contributed by atoms with Gasteiger partial charge in [0.1, 0.15) is 0 Å². The zero-order valence-electron chi connectivity index (χ0n) is 17.2. The number of unbranched alkanes of at least 4 members (excludes halogenated alkanes) is 4. The van der Waals surface area contributed by atoms with E-state index in [2.05, 4.69) is 56.4 Å². The van der Waals surface area contributed by atoms with Gasteiger partial charge in [0.05, 0.1) is 0 Å². The lowest BCUT2D eigenvalue weighted by atomic mass is 9.74. The Morgan fingerprint density at radius 3 is 2.46 bits per heavy atom. The first kappa shape index (κ1) is 21.0. The smallest absolute Gasteiger partial charge is 0.220 e. The fourth-order valence-electron chi connectivity index (χ4n) is 4.44. The fourth-order valence-corrected chi connectivity index (χ4v) is 4.44. The van der Waals surface area contributed by atoms with Gasteiger partial charge in [-0.1, -0.05) is 76.8 Å². The molecule has 1 aromatic rings. The molecule has 0 radical (unpaired) electrons. The van der Waals surface area contributed by atoms with E-state index in [1.165, 1.54) is 50.5 Å². The van der Waals surface area contributed by atoms with E-state index in [1.807, 2.05) is 0 Å². The van der Waals surface area contributed by atoms with E-state index >= 15 is 0 Å². The summed E-state index contributed by atoms with van der Waals surface area (Å²) in [6, 6.07) is 11.1.